The maximum Gasteiger partial charge on any atom is 0.449 e. The van der Waals surface area contributed by atoms with Crippen LogP contribution in [0.2, 0.25) is 0 Å². The lowest BCUT2D eigenvalue weighted by Gasteiger charge is -2.38. The van der Waals surface area contributed by atoms with Crippen LogP contribution in [-0.2, 0) is 53.7 Å². The Morgan fingerprint density at radius 2 is 1.64 bits per heavy atom. The van der Waals surface area contributed by atoms with Crippen molar-refractivity contribution in [1.29, 1.82) is 0 Å². The number of fused-ring (bicyclic) bond motifs is 2. The molecule has 320 valence electrons. The molecular weight excluding hydrogens is 793 g/mol. The van der Waals surface area contributed by atoms with Gasteiger partial charge in [0.1, 0.15) is 28.5 Å². The second-order valence-electron chi connectivity index (χ2n) is 15.7. The van der Waals surface area contributed by atoms with E-state index < -0.39 is 82.7 Å². The third kappa shape index (κ3) is 9.86. The Labute approximate surface area is 334 Å². The summed E-state index contributed by atoms with van der Waals surface area (Å²) in [5.74, 6) is -1.87. The highest BCUT2D eigenvalue weighted by atomic mass is 19.4. The fraction of sp³-hybridized carbons (Fsp3) is 0.488. The highest BCUT2D eigenvalue weighted by Crippen LogP contribution is 2.43. The normalized spacial score (nSPS) is 16.3. The van der Waals surface area contributed by atoms with Gasteiger partial charge in [0.2, 0.25) is 5.76 Å². The van der Waals surface area contributed by atoms with E-state index in [9.17, 15) is 40.7 Å². The van der Waals surface area contributed by atoms with Gasteiger partial charge in [-0.25, -0.2) is 14.0 Å². The van der Waals surface area contributed by atoms with Gasteiger partial charge in [0.05, 0.1) is 55.7 Å². The van der Waals surface area contributed by atoms with Crippen molar-refractivity contribution in [3.63, 3.8) is 0 Å². The summed E-state index contributed by atoms with van der Waals surface area (Å²) >= 11 is 0. The van der Waals surface area contributed by atoms with Crippen LogP contribution in [0.15, 0.2) is 68.6 Å². The number of unbranched alkanes of at least 4 members (excludes halogenated alkanes) is 1. The zero-order valence-corrected chi connectivity index (χ0v) is 32.9. The van der Waals surface area contributed by atoms with Gasteiger partial charge in [-0.15, -0.1) is 0 Å². The summed E-state index contributed by atoms with van der Waals surface area (Å²) in [4.78, 5) is 44.3. The number of ether oxygens (including phenoxy) is 3. The first kappa shape index (κ1) is 43.5. The SMILES string of the molecule is CCCCOc1cccc(C(Cn2c(=O)c3c(n(Cc4c(F)cccc4C(F)(F)F)c2=O)COC32CCN(Cc3ccc(C(F)(F)F)o3)CC2)NC(=O)OC(C)(C)C)c1. The Bertz CT molecular complexity index is 2270. The minimum Gasteiger partial charge on any atom is -0.494 e. The Morgan fingerprint density at radius 3 is 2.29 bits per heavy atom. The molecule has 1 atom stereocenters. The third-order valence-electron chi connectivity index (χ3n) is 10.3. The maximum absolute atomic E-state index is 15.4. The largest absolute Gasteiger partial charge is 0.494 e. The number of likely N-dealkylation sites (tertiary alicyclic amines) is 1. The van der Waals surface area contributed by atoms with E-state index in [1.807, 2.05) is 6.92 Å². The predicted molar refractivity (Wildman–Crippen MR) is 199 cm³/mol. The smallest absolute Gasteiger partial charge is 0.449 e. The molecule has 1 saturated heterocycles. The van der Waals surface area contributed by atoms with Crippen molar-refractivity contribution in [2.24, 2.45) is 0 Å². The van der Waals surface area contributed by atoms with E-state index in [1.54, 1.807) is 49.9 Å². The minimum atomic E-state index is -5.00. The van der Waals surface area contributed by atoms with Crippen molar-refractivity contribution in [2.45, 2.75) is 109 Å². The first-order valence-electron chi connectivity index (χ1n) is 19.1. The fourth-order valence-electron chi connectivity index (χ4n) is 7.42. The number of benzene rings is 2. The molecule has 4 aromatic rings. The van der Waals surface area contributed by atoms with Gasteiger partial charge >= 0.3 is 24.1 Å². The van der Waals surface area contributed by atoms with Gasteiger partial charge in [0, 0.05) is 18.7 Å². The molecule has 0 radical (unpaired) electrons. The lowest BCUT2D eigenvalue weighted by atomic mass is 9.85. The number of aromatic nitrogens is 2. The summed E-state index contributed by atoms with van der Waals surface area (Å²) < 4.78 is 122. The zero-order valence-electron chi connectivity index (χ0n) is 32.9. The number of furan rings is 1. The number of amides is 1. The van der Waals surface area contributed by atoms with Gasteiger partial charge in [-0.3, -0.25) is 18.8 Å². The number of alkyl halides is 6. The predicted octanol–water partition coefficient (Wildman–Crippen LogP) is 8.29. The quantitative estimate of drug-likeness (QED) is 0.112. The number of hydrogen-bond donors (Lipinski definition) is 1. The molecule has 2 aliphatic heterocycles. The molecule has 0 aliphatic carbocycles. The van der Waals surface area contributed by atoms with Crippen LogP contribution in [0.1, 0.15) is 98.9 Å². The number of nitrogens with one attached hydrogen (secondary N) is 1. The Morgan fingerprint density at radius 1 is 0.932 bits per heavy atom. The molecule has 2 aliphatic rings. The van der Waals surface area contributed by atoms with Gasteiger partial charge < -0.3 is 23.9 Å². The molecular formula is C41H45F7N4O7. The van der Waals surface area contributed by atoms with Crippen LogP contribution >= 0.6 is 0 Å². The first-order valence-corrected chi connectivity index (χ1v) is 19.1. The number of hydrogen-bond acceptors (Lipinski definition) is 8. The fourth-order valence-corrected chi connectivity index (χ4v) is 7.42. The average molecular weight is 839 g/mol. The van der Waals surface area contributed by atoms with E-state index in [0.717, 1.165) is 40.2 Å². The Balaban J connectivity index is 1.43. The molecule has 0 saturated carbocycles. The van der Waals surface area contributed by atoms with Gasteiger partial charge in [-0.05, 0) is 82.0 Å². The lowest BCUT2D eigenvalue weighted by Crippen LogP contribution is -2.50. The van der Waals surface area contributed by atoms with E-state index in [-0.39, 0.29) is 56.1 Å². The van der Waals surface area contributed by atoms with Crippen LogP contribution in [0.4, 0.5) is 35.5 Å². The molecule has 6 rings (SSSR count). The van der Waals surface area contributed by atoms with E-state index in [2.05, 4.69) is 5.32 Å². The summed E-state index contributed by atoms with van der Waals surface area (Å²) in [5.41, 5.74) is -6.01. The monoisotopic (exact) mass is 838 g/mol. The van der Waals surface area contributed by atoms with E-state index >= 15 is 4.39 Å². The maximum atomic E-state index is 15.4. The molecule has 2 aromatic heterocycles. The third-order valence-corrected chi connectivity index (χ3v) is 10.3. The molecule has 1 amide bonds. The molecule has 1 fully saturated rings. The van der Waals surface area contributed by atoms with Crippen molar-refractivity contribution in [3.8, 4) is 5.75 Å². The van der Waals surface area contributed by atoms with Crippen molar-refractivity contribution < 1.29 is 54.2 Å². The van der Waals surface area contributed by atoms with Crippen molar-refractivity contribution in [3.05, 3.63) is 121 Å². The van der Waals surface area contributed by atoms with E-state index in [0.29, 0.717) is 24.0 Å². The molecule has 1 unspecified atom stereocenters. The standard InChI is InChI=1S/C41H45F7N4O7/c1-5-6-19-56-26-10-7-9-25(20-26)31(49-36(54)59-38(2,3)4)23-52-35(53)34-32(51(37(52)55)22-28-29(40(43,44)45)11-8-12-30(28)42)24-57-39(34)15-17-50(18-16-39)21-27-13-14-33(58-27)41(46,47)48/h7-14,20,31H,5-6,15-19,21-24H2,1-4H3,(H,49,54). The highest BCUT2D eigenvalue weighted by molar-refractivity contribution is 5.68. The van der Waals surface area contributed by atoms with E-state index in [1.165, 1.54) is 6.07 Å². The molecule has 4 heterocycles. The minimum absolute atomic E-state index is 0.00941. The molecule has 0 bridgehead atoms. The Hall–Kier alpha value is -5.10. The van der Waals surface area contributed by atoms with Crippen LogP contribution in [0, 0.1) is 5.82 Å². The average Bonchev–Trinajstić information content (AvgIpc) is 3.77. The molecule has 59 heavy (non-hydrogen) atoms. The zero-order chi connectivity index (χ0) is 42.9. The van der Waals surface area contributed by atoms with Crippen LogP contribution in [-0.4, -0.2) is 45.4 Å². The summed E-state index contributed by atoms with van der Waals surface area (Å²) in [6, 6.07) is 9.97. The summed E-state index contributed by atoms with van der Waals surface area (Å²) in [7, 11) is 0. The van der Waals surface area contributed by atoms with Crippen molar-refractivity contribution in [2.75, 3.05) is 19.7 Å². The number of rotatable bonds is 12. The number of carbonyl (C=O) groups excluding carboxylic acids is 1. The Kier molecular flexibility index (Phi) is 12.4. The molecule has 2 aromatic carbocycles. The van der Waals surface area contributed by atoms with Crippen molar-refractivity contribution in [1.82, 2.24) is 19.4 Å². The number of halogens is 7. The number of nitrogens with zero attached hydrogens (tertiary/aromatic N) is 3. The molecule has 1 spiro atoms. The van der Waals surface area contributed by atoms with Gasteiger partial charge in [-0.2, -0.15) is 26.3 Å². The molecule has 11 nitrogen and oxygen atoms in total. The van der Waals surface area contributed by atoms with Crippen molar-refractivity contribution >= 4 is 6.09 Å². The highest BCUT2D eigenvalue weighted by Gasteiger charge is 2.48. The lowest BCUT2D eigenvalue weighted by molar-refractivity contribution is -0.153. The number of carbonyl (C=O) groups is 1. The molecule has 18 heteroatoms. The summed E-state index contributed by atoms with van der Waals surface area (Å²) in [6.45, 7) is 5.89. The van der Waals surface area contributed by atoms with Gasteiger partial charge in [0.25, 0.3) is 5.56 Å². The second-order valence-corrected chi connectivity index (χ2v) is 15.7. The van der Waals surface area contributed by atoms with Crippen LogP contribution < -0.4 is 21.3 Å². The van der Waals surface area contributed by atoms with E-state index in [4.69, 9.17) is 18.6 Å². The number of alkyl carbamates (subject to hydrolysis) is 1. The molecule has 1 N–H and O–H groups in total. The van der Waals surface area contributed by atoms with Gasteiger partial charge in [-0.1, -0.05) is 31.5 Å². The van der Waals surface area contributed by atoms with Crippen LogP contribution in [0.25, 0.3) is 0 Å². The second kappa shape index (κ2) is 16.9. The number of piperidine rings is 1. The van der Waals surface area contributed by atoms with Crippen LogP contribution in [0.3, 0.4) is 0 Å². The summed E-state index contributed by atoms with van der Waals surface area (Å²) in [6.07, 6.45) is -8.72. The topological polar surface area (TPSA) is 117 Å². The first-order chi connectivity index (χ1) is 27.7. The summed E-state index contributed by atoms with van der Waals surface area (Å²) in [5, 5.41) is 2.72. The van der Waals surface area contributed by atoms with Gasteiger partial charge in [0.15, 0.2) is 0 Å². The van der Waals surface area contributed by atoms with Crippen LogP contribution in [0.5, 0.6) is 5.75 Å².